The van der Waals surface area contributed by atoms with Gasteiger partial charge in [-0.05, 0) is 37.2 Å². The average molecular weight is 261 g/mol. The molecule has 0 aliphatic carbocycles. The van der Waals surface area contributed by atoms with E-state index in [2.05, 4.69) is 36.9 Å². The first-order valence-corrected chi connectivity index (χ1v) is 7.67. The van der Waals surface area contributed by atoms with Crippen molar-refractivity contribution in [3.8, 4) is 0 Å². The summed E-state index contributed by atoms with van der Waals surface area (Å²) in [4.78, 5) is 2.47. The Morgan fingerprint density at radius 3 is 2.47 bits per heavy atom. The largest absolute Gasteiger partial charge is 0.388 e. The van der Waals surface area contributed by atoms with E-state index in [1.807, 2.05) is 13.0 Å². The fourth-order valence-corrected chi connectivity index (χ4v) is 3.25. The van der Waals surface area contributed by atoms with Crippen LogP contribution >= 0.6 is 0 Å². The van der Waals surface area contributed by atoms with E-state index in [1.165, 1.54) is 24.9 Å². The van der Waals surface area contributed by atoms with Crippen molar-refractivity contribution in [3.63, 3.8) is 0 Å². The molecule has 1 fully saturated rings. The molecule has 1 saturated heterocycles. The Balaban J connectivity index is 2.24. The Kier molecular flexibility index (Phi) is 4.51. The normalized spacial score (nSPS) is 19.7. The zero-order chi connectivity index (χ0) is 13.9. The highest BCUT2D eigenvalue weighted by molar-refractivity contribution is 5.55. The molecule has 0 bridgehead atoms. The topological polar surface area (TPSA) is 23.5 Å². The van der Waals surface area contributed by atoms with Crippen LogP contribution in [0.3, 0.4) is 0 Å². The number of nitrogens with zero attached hydrogens (tertiary/aromatic N) is 1. The lowest BCUT2D eigenvalue weighted by molar-refractivity contribution is 0.174. The third-order valence-corrected chi connectivity index (χ3v) is 4.96. The third kappa shape index (κ3) is 2.79. The van der Waals surface area contributed by atoms with Crippen molar-refractivity contribution >= 4 is 5.69 Å². The summed E-state index contributed by atoms with van der Waals surface area (Å²) in [5.74, 6) is 0. The van der Waals surface area contributed by atoms with Gasteiger partial charge in [0, 0.05) is 24.3 Å². The fraction of sp³-hybridized carbons (Fsp3) is 0.647. The molecule has 1 aromatic rings. The van der Waals surface area contributed by atoms with Crippen LogP contribution in [-0.4, -0.2) is 18.2 Å². The summed E-state index contributed by atoms with van der Waals surface area (Å²) in [6.45, 7) is 8.90. The van der Waals surface area contributed by atoms with Crippen LogP contribution in [0.1, 0.15) is 58.1 Å². The average Bonchev–Trinajstić information content (AvgIpc) is 2.91. The second kappa shape index (κ2) is 5.96. The van der Waals surface area contributed by atoms with Crippen LogP contribution in [0.5, 0.6) is 0 Å². The van der Waals surface area contributed by atoms with Crippen molar-refractivity contribution in [3.05, 3.63) is 29.8 Å². The lowest BCUT2D eigenvalue weighted by Crippen LogP contribution is -2.27. The van der Waals surface area contributed by atoms with Gasteiger partial charge in [-0.15, -0.1) is 0 Å². The number of benzene rings is 1. The molecule has 2 rings (SSSR count). The van der Waals surface area contributed by atoms with Crippen LogP contribution in [0, 0.1) is 5.41 Å². The van der Waals surface area contributed by atoms with Gasteiger partial charge in [0.05, 0.1) is 6.10 Å². The van der Waals surface area contributed by atoms with Gasteiger partial charge in [0.15, 0.2) is 0 Å². The number of aliphatic hydroxyl groups excluding tert-OH is 1. The van der Waals surface area contributed by atoms with E-state index in [0.29, 0.717) is 5.41 Å². The first-order valence-electron chi connectivity index (χ1n) is 7.67. The molecule has 0 saturated carbocycles. The van der Waals surface area contributed by atoms with Crippen molar-refractivity contribution in [2.45, 2.75) is 52.6 Å². The van der Waals surface area contributed by atoms with E-state index in [9.17, 15) is 5.11 Å². The number of hydrogen-bond acceptors (Lipinski definition) is 2. The maximum atomic E-state index is 10.2. The van der Waals surface area contributed by atoms with Crippen LogP contribution in [-0.2, 0) is 0 Å². The van der Waals surface area contributed by atoms with Gasteiger partial charge in [-0.2, -0.15) is 0 Å². The van der Waals surface area contributed by atoms with Crippen molar-refractivity contribution in [2.24, 2.45) is 5.41 Å². The maximum absolute atomic E-state index is 10.2. The quantitative estimate of drug-likeness (QED) is 0.861. The van der Waals surface area contributed by atoms with Gasteiger partial charge in [0.1, 0.15) is 0 Å². The van der Waals surface area contributed by atoms with E-state index in [-0.39, 0.29) is 6.10 Å². The minimum absolute atomic E-state index is 0.338. The maximum Gasteiger partial charge on any atom is 0.0807 e. The summed E-state index contributed by atoms with van der Waals surface area (Å²) < 4.78 is 0. The standard InChI is InChI=1S/C17H27NO/c1-4-16(19)14-9-7-8-10-15(14)18-12-11-17(5-2,6-3)13-18/h7-10,16,19H,4-6,11-13H2,1-3H3/t16-/m0/s1. The summed E-state index contributed by atoms with van der Waals surface area (Å²) in [5.41, 5.74) is 2.80. The molecule has 1 aromatic carbocycles. The molecule has 1 aliphatic rings. The van der Waals surface area contributed by atoms with E-state index in [0.717, 1.165) is 25.1 Å². The summed E-state index contributed by atoms with van der Waals surface area (Å²) in [6.07, 6.45) is 4.21. The summed E-state index contributed by atoms with van der Waals surface area (Å²) >= 11 is 0. The zero-order valence-electron chi connectivity index (χ0n) is 12.5. The Labute approximate surface area is 117 Å². The van der Waals surface area contributed by atoms with Gasteiger partial charge in [-0.3, -0.25) is 0 Å². The Bertz CT molecular complexity index is 411. The molecule has 1 N–H and O–H groups in total. The third-order valence-electron chi connectivity index (χ3n) is 4.96. The van der Waals surface area contributed by atoms with Gasteiger partial charge in [0.2, 0.25) is 0 Å². The first-order chi connectivity index (χ1) is 9.15. The predicted molar refractivity (Wildman–Crippen MR) is 81.5 cm³/mol. The SMILES string of the molecule is CC[C@H](O)c1ccccc1N1CCC(CC)(CC)C1. The molecule has 0 amide bonds. The van der Waals surface area contributed by atoms with Crippen LogP contribution in [0.4, 0.5) is 5.69 Å². The number of aliphatic hydroxyl groups is 1. The minimum Gasteiger partial charge on any atom is -0.388 e. The Morgan fingerprint density at radius 2 is 1.89 bits per heavy atom. The fourth-order valence-electron chi connectivity index (χ4n) is 3.25. The summed E-state index contributed by atoms with van der Waals surface area (Å²) in [6, 6.07) is 8.34. The van der Waals surface area contributed by atoms with Gasteiger partial charge in [0.25, 0.3) is 0 Å². The Morgan fingerprint density at radius 1 is 1.21 bits per heavy atom. The van der Waals surface area contributed by atoms with Crippen LogP contribution in [0.2, 0.25) is 0 Å². The molecule has 0 aromatic heterocycles. The molecule has 1 atom stereocenters. The highest BCUT2D eigenvalue weighted by atomic mass is 16.3. The monoisotopic (exact) mass is 261 g/mol. The van der Waals surface area contributed by atoms with Crippen LogP contribution < -0.4 is 4.90 Å². The van der Waals surface area contributed by atoms with Gasteiger partial charge < -0.3 is 10.0 Å². The first kappa shape index (κ1) is 14.4. The highest BCUT2D eigenvalue weighted by Crippen LogP contribution is 2.40. The van der Waals surface area contributed by atoms with Crippen molar-refractivity contribution in [2.75, 3.05) is 18.0 Å². The zero-order valence-corrected chi connectivity index (χ0v) is 12.5. The van der Waals surface area contributed by atoms with E-state index < -0.39 is 0 Å². The van der Waals surface area contributed by atoms with Crippen LogP contribution in [0.15, 0.2) is 24.3 Å². The smallest absolute Gasteiger partial charge is 0.0807 e. The summed E-state index contributed by atoms with van der Waals surface area (Å²) in [5, 5.41) is 10.2. The number of para-hydroxylation sites is 1. The molecule has 106 valence electrons. The molecule has 0 unspecified atom stereocenters. The van der Waals surface area contributed by atoms with Crippen molar-refractivity contribution < 1.29 is 5.11 Å². The van der Waals surface area contributed by atoms with Crippen molar-refractivity contribution in [1.82, 2.24) is 0 Å². The molecule has 0 radical (unpaired) electrons. The Hall–Kier alpha value is -1.02. The van der Waals surface area contributed by atoms with E-state index in [1.54, 1.807) is 0 Å². The molecule has 0 spiro atoms. The van der Waals surface area contributed by atoms with E-state index >= 15 is 0 Å². The van der Waals surface area contributed by atoms with Gasteiger partial charge in [-0.25, -0.2) is 0 Å². The highest BCUT2D eigenvalue weighted by Gasteiger charge is 2.35. The van der Waals surface area contributed by atoms with Gasteiger partial charge >= 0.3 is 0 Å². The summed E-state index contributed by atoms with van der Waals surface area (Å²) in [7, 11) is 0. The molecule has 2 nitrogen and oxygen atoms in total. The molecular weight excluding hydrogens is 234 g/mol. The number of hydrogen-bond donors (Lipinski definition) is 1. The predicted octanol–water partition coefficient (Wildman–Crippen LogP) is 4.15. The molecule has 1 heterocycles. The lowest BCUT2D eigenvalue weighted by Gasteiger charge is -2.29. The van der Waals surface area contributed by atoms with Gasteiger partial charge in [-0.1, -0.05) is 39.0 Å². The number of anilines is 1. The van der Waals surface area contributed by atoms with E-state index in [4.69, 9.17) is 0 Å². The number of rotatable bonds is 5. The molecule has 2 heteroatoms. The minimum atomic E-state index is -0.338. The molecule has 1 aliphatic heterocycles. The van der Waals surface area contributed by atoms with Crippen LogP contribution in [0.25, 0.3) is 0 Å². The second-order valence-electron chi connectivity index (χ2n) is 5.86. The second-order valence-corrected chi connectivity index (χ2v) is 5.86. The van der Waals surface area contributed by atoms with Crippen molar-refractivity contribution in [1.29, 1.82) is 0 Å². The lowest BCUT2D eigenvalue weighted by atomic mass is 9.82. The molecular formula is C17H27NO. The molecule has 19 heavy (non-hydrogen) atoms.